The molecule has 216 valence electrons. The summed E-state index contributed by atoms with van der Waals surface area (Å²) < 4.78 is 4.94. The normalized spacial score (nSPS) is 12.9. The second kappa shape index (κ2) is 31.3. The molecule has 0 saturated heterocycles. The fraction of sp³-hybridized carbons (Fsp3) is 0.500. The van der Waals surface area contributed by atoms with Crippen LogP contribution in [0.1, 0.15) is 117 Å². The summed E-state index contributed by atoms with van der Waals surface area (Å²) in [4.78, 5) is 23.7. The summed E-state index contributed by atoms with van der Waals surface area (Å²) in [6.45, 7) is 4.29. The maximum absolute atomic E-state index is 11.8. The molecule has 0 rings (SSSR count). The van der Waals surface area contributed by atoms with Gasteiger partial charge in [-0.1, -0.05) is 111 Å². The van der Waals surface area contributed by atoms with Crippen LogP contribution in [0.15, 0.2) is 97.2 Å². The van der Waals surface area contributed by atoms with E-state index in [1.807, 2.05) is 0 Å². The lowest BCUT2D eigenvalue weighted by atomic mass is 10.1. The molecule has 0 spiro atoms. The van der Waals surface area contributed by atoms with Gasteiger partial charge in [0.15, 0.2) is 0 Å². The maximum Gasteiger partial charge on any atom is 0.313 e. The van der Waals surface area contributed by atoms with Gasteiger partial charge in [0.05, 0.1) is 0 Å². The lowest BCUT2D eigenvalue weighted by Crippen LogP contribution is -2.11. The second-order valence-electron chi connectivity index (χ2n) is 9.34. The van der Waals surface area contributed by atoms with Crippen LogP contribution in [0.2, 0.25) is 0 Å². The minimum Gasteiger partial charge on any atom is -0.393 e. The predicted molar refractivity (Wildman–Crippen MR) is 169 cm³/mol. The highest BCUT2D eigenvalue weighted by Gasteiger charge is 2.09. The highest BCUT2D eigenvalue weighted by atomic mass is 16.6. The van der Waals surface area contributed by atoms with Gasteiger partial charge in [-0.25, -0.2) is 0 Å². The number of hydrogen-bond acceptors (Lipinski definition) is 3. The first-order valence-corrected chi connectivity index (χ1v) is 15.1. The third-order valence-electron chi connectivity index (χ3n) is 5.67. The lowest BCUT2D eigenvalue weighted by Gasteiger charge is -2.02. The van der Waals surface area contributed by atoms with E-state index in [1.54, 1.807) is 0 Å². The minimum absolute atomic E-state index is 0.307. The first kappa shape index (κ1) is 36.1. The third-order valence-corrected chi connectivity index (χ3v) is 5.67. The molecule has 0 aromatic rings. The topological polar surface area (TPSA) is 43.4 Å². The molecule has 0 aromatic heterocycles. The Bertz CT molecular complexity index is 750. The van der Waals surface area contributed by atoms with E-state index in [9.17, 15) is 9.59 Å². The first-order chi connectivity index (χ1) is 19.2. The number of carbonyl (C=O) groups is 2. The SMILES string of the molecule is CC/C=C\C/C=C\C/C=C\C/C=C\CCCCC(=O)OC(=O)CCCC/C=C\C/C=C\C/C=C\C/C=C\CC. The molecule has 0 unspecified atom stereocenters. The van der Waals surface area contributed by atoms with E-state index < -0.39 is 11.9 Å². The van der Waals surface area contributed by atoms with Crippen LogP contribution in [-0.2, 0) is 14.3 Å². The molecule has 0 radical (unpaired) electrons. The van der Waals surface area contributed by atoms with Gasteiger partial charge in [0.2, 0.25) is 0 Å². The van der Waals surface area contributed by atoms with E-state index in [0.717, 1.165) is 89.9 Å². The van der Waals surface area contributed by atoms with Crippen molar-refractivity contribution in [3.8, 4) is 0 Å². The van der Waals surface area contributed by atoms with Crippen LogP contribution < -0.4 is 0 Å². The number of ether oxygens (including phenoxy) is 1. The van der Waals surface area contributed by atoms with E-state index >= 15 is 0 Å². The highest BCUT2D eigenvalue weighted by molar-refractivity contribution is 5.85. The Labute approximate surface area is 239 Å². The van der Waals surface area contributed by atoms with Crippen LogP contribution in [0.4, 0.5) is 0 Å². The minimum atomic E-state index is -0.399. The molecule has 0 aliphatic heterocycles. The van der Waals surface area contributed by atoms with Crippen molar-refractivity contribution >= 4 is 11.9 Å². The third kappa shape index (κ3) is 31.2. The van der Waals surface area contributed by atoms with Crippen LogP contribution in [0, 0.1) is 0 Å². The molecule has 0 aromatic carbocycles. The molecule has 0 amide bonds. The van der Waals surface area contributed by atoms with Gasteiger partial charge in [-0.2, -0.15) is 0 Å². The van der Waals surface area contributed by atoms with E-state index in [-0.39, 0.29) is 0 Å². The van der Waals surface area contributed by atoms with Crippen molar-refractivity contribution in [3.63, 3.8) is 0 Å². The number of rotatable bonds is 24. The molecule has 0 fully saturated rings. The summed E-state index contributed by atoms with van der Waals surface area (Å²) in [5, 5.41) is 0. The predicted octanol–water partition coefficient (Wildman–Crippen LogP) is 10.8. The molecule has 0 saturated carbocycles. The van der Waals surface area contributed by atoms with Gasteiger partial charge in [-0.05, 0) is 89.9 Å². The molecule has 0 bridgehead atoms. The second-order valence-corrected chi connectivity index (χ2v) is 9.34. The average Bonchev–Trinajstić information content (AvgIpc) is 2.93. The number of carbonyl (C=O) groups excluding carboxylic acids is 2. The molecule has 39 heavy (non-hydrogen) atoms. The molecule has 0 atom stereocenters. The van der Waals surface area contributed by atoms with Crippen molar-refractivity contribution in [3.05, 3.63) is 97.2 Å². The van der Waals surface area contributed by atoms with E-state index in [4.69, 9.17) is 4.74 Å². The number of allylic oxidation sites excluding steroid dienone is 16. The van der Waals surface area contributed by atoms with Gasteiger partial charge >= 0.3 is 11.9 Å². The first-order valence-electron chi connectivity index (χ1n) is 15.1. The van der Waals surface area contributed by atoms with Gasteiger partial charge in [0.25, 0.3) is 0 Å². The van der Waals surface area contributed by atoms with Gasteiger partial charge in [0, 0.05) is 12.8 Å². The Hall–Kier alpha value is -2.94. The Kier molecular flexibility index (Phi) is 28.9. The number of esters is 2. The van der Waals surface area contributed by atoms with E-state index in [0.29, 0.717) is 12.8 Å². The van der Waals surface area contributed by atoms with Crippen LogP contribution in [0.5, 0.6) is 0 Å². The van der Waals surface area contributed by atoms with Crippen molar-refractivity contribution in [2.75, 3.05) is 0 Å². The average molecular weight is 535 g/mol. The van der Waals surface area contributed by atoms with Crippen LogP contribution in [0.25, 0.3) is 0 Å². The largest absolute Gasteiger partial charge is 0.393 e. The maximum atomic E-state index is 11.8. The summed E-state index contributed by atoms with van der Waals surface area (Å²) in [5.41, 5.74) is 0. The van der Waals surface area contributed by atoms with Crippen molar-refractivity contribution < 1.29 is 14.3 Å². The quantitative estimate of drug-likeness (QED) is 0.0535. The molecule has 0 N–H and O–H groups in total. The fourth-order valence-electron chi connectivity index (χ4n) is 3.49. The molecule has 0 heterocycles. The standard InChI is InChI=1S/C36H54O3/c1-3-5-7-9-11-13-15-17-19-21-23-25-27-29-31-33-35(37)39-36(38)34-32-30-28-26-24-22-20-18-16-14-12-10-8-6-4-2/h5-8,11-14,17-20,23-26H,3-4,9-10,15-16,21-22,27-34H2,1-2H3/b7-5-,8-6-,13-11-,14-12-,19-17-,20-18-,25-23-,26-24-. The number of unbranched alkanes of at least 4 members (excludes halogenated alkanes) is 4. The Balaban J connectivity index is 3.61. The lowest BCUT2D eigenvalue weighted by molar-refractivity contribution is -0.159. The van der Waals surface area contributed by atoms with Crippen molar-refractivity contribution in [2.24, 2.45) is 0 Å². The van der Waals surface area contributed by atoms with Crippen molar-refractivity contribution in [1.82, 2.24) is 0 Å². The summed E-state index contributed by atoms with van der Waals surface area (Å²) >= 11 is 0. The summed E-state index contributed by atoms with van der Waals surface area (Å²) in [6.07, 6.45) is 48.7. The monoisotopic (exact) mass is 534 g/mol. The van der Waals surface area contributed by atoms with Crippen LogP contribution in [0.3, 0.4) is 0 Å². The highest BCUT2D eigenvalue weighted by Crippen LogP contribution is 2.07. The summed E-state index contributed by atoms with van der Waals surface area (Å²) in [7, 11) is 0. The zero-order chi connectivity index (χ0) is 28.5. The zero-order valence-corrected chi connectivity index (χ0v) is 24.8. The van der Waals surface area contributed by atoms with Crippen molar-refractivity contribution in [2.45, 2.75) is 117 Å². The fourth-order valence-corrected chi connectivity index (χ4v) is 3.49. The summed E-state index contributed by atoms with van der Waals surface area (Å²) in [6, 6.07) is 0. The van der Waals surface area contributed by atoms with E-state index in [2.05, 4.69) is 111 Å². The smallest absolute Gasteiger partial charge is 0.313 e. The molecular weight excluding hydrogens is 480 g/mol. The van der Waals surface area contributed by atoms with Crippen LogP contribution in [-0.4, -0.2) is 11.9 Å². The summed E-state index contributed by atoms with van der Waals surface area (Å²) in [5.74, 6) is -0.798. The van der Waals surface area contributed by atoms with Crippen molar-refractivity contribution in [1.29, 1.82) is 0 Å². The molecule has 3 nitrogen and oxygen atoms in total. The molecule has 3 heteroatoms. The van der Waals surface area contributed by atoms with Gasteiger partial charge in [0.1, 0.15) is 0 Å². The Morgan fingerprint density at radius 2 is 0.692 bits per heavy atom. The van der Waals surface area contributed by atoms with Gasteiger partial charge in [-0.15, -0.1) is 0 Å². The van der Waals surface area contributed by atoms with Gasteiger partial charge in [-0.3, -0.25) is 9.59 Å². The van der Waals surface area contributed by atoms with Gasteiger partial charge < -0.3 is 4.74 Å². The number of hydrogen-bond donors (Lipinski definition) is 0. The Morgan fingerprint density at radius 3 is 1.00 bits per heavy atom. The zero-order valence-electron chi connectivity index (χ0n) is 24.8. The van der Waals surface area contributed by atoms with E-state index in [1.165, 1.54) is 0 Å². The Morgan fingerprint density at radius 1 is 0.410 bits per heavy atom. The molecule has 0 aliphatic carbocycles. The molecular formula is C36H54O3. The molecule has 0 aliphatic rings. The van der Waals surface area contributed by atoms with Crippen LogP contribution >= 0.6 is 0 Å².